The van der Waals surface area contributed by atoms with Crippen molar-refractivity contribution in [3.63, 3.8) is 0 Å². The molecule has 16 heavy (non-hydrogen) atoms. The molecule has 3 nitrogen and oxygen atoms in total. The summed E-state index contributed by atoms with van der Waals surface area (Å²) >= 11 is 0. The molecule has 1 aliphatic heterocycles. The van der Waals surface area contributed by atoms with Crippen LogP contribution in [0.25, 0.3) is 0 Å². The second kappa shape index (κ2) is 5.48. The summed E-state index contributed by atoms with van der Waals surface area (Å²) in [6, 6.07) is 1.34. The molecule has 1 saturated heterocycles. The lowest BCUT2D eigenvalue weighted by atomic mass is 9.98. The topological polar surface area (TPSA) is 38.5 Å². The Hall–Kier alpha value is -0.120. The van der Waals surface area contributed by atoms with Crippen LogP contribution in [0.1, 0.15) is 39.5 Å². The fourth-order valence-corrected chi connectivity index (χ4v) is 3.36. The molecular weight excluding hydrogens is 200 g/mol. The van der Waals surface area contributed by atoms with E-state index >= 15 is 0 Å². The van der Waals surface area contributed by atoms with Gasteiger partial charge < -0.3 is 10.5 Å². The summed E-state index contributed by atoms with van der Waals surface area (Å²) in [4.78, 5) is 2.69. The summed E-state index contributed by atoms with van der Waals surface area (Å²) < 4.78 is 5.77. The van der Waals surface area contributed by atoms with Crippen molar-refractivity contribution in [1.82, 2.24) is 4.90 Å². The van der Waals surface area contributed by atoms with Crippen molar-refractivity contribution in [3.8, 4) is 0 Å². The Kier molecular flexibility index (Phi) is 4.22. The Morgan fingerprint density at radius 2 is 2.19 bits per heavy atom. The highest BCUT2D eigenvalue weighted by atomic mass is 16.5. The van der Waals surface area contributed by atoms with Gasteiger partial charge in [-0.15, -0.1) is 0 Å². The zero-order valence-electron chi connectivity index (χ0n) is 10.7. The number of ether oxygens (including phenoxy) is 1. The van der Waals surface area contributed by atoms with E-state index in [4.69, 9.17) is 10.5 Å². The standard InChI is InChI=1S/C13H26N2O/c1-3-12-9-16-10(2)8-15(12)13-6-4-5-11(13)7-14/h10-13H,3-9,14H2,1-2H3. The van der Waals surface area contributed by atoms with Crippen molar-refractivity contribution in [2.45, 2.75) is 57.7 Å². The van der Waals surface area contributed by atoms with Crippen molar-refractivity contribution < 1.29 is 4.74 Å². The van der Waals surface area contributed by atoms with E-state index in [2.05, 4.69) is 18.7 Å². The number of nitrogens with two attached hydrogens (primary N) is 1. The lowest BCUT2D eigenvalue weighted by molar-refractivity contribution is -0.0774. The fraction of sp³-hybridized carbons (Fsp3) is 1.00. The third-order valence-corrected chi connectivity index (χ3v) is 4.33. The maximum Gasteiger partial charge on any atom is 0.0674 e. The first-order chi connectivity index (χ1) is 7.76. The maximum absolute atomic E-state index is 5.89. The summed E-state index contributed by atoms with van der Waals surface area (Å²) in [7, 11) is 0. The normalized spacial score (nSPS) is 41.4. The van der Waals surface area contributed by atoms with Crippen LogP contribution in [0.5, 0.6) is 0 Å². The first-order valence-electron chi connectivity index (χ1n) is 6.83. The van der Waals surface area contributed by atoms with Gasteiger partial charge in [-0.2, -0.15) is 0 Å². The lowest BCUT2D eigenvalue weighted by Crippen LogP contribution is -2.54. The van der Waals surface area contributed by atoms with Gasteiger partial charge in [0.05, 0.1) is 12.7 Å². The Morgan fingerprint density at radius 3 is 2.88 bits per heavy atom. The van der Waals surface area contributed by atoms with Gasteiger partial charge >= 0.3 is 0 Å². The third kappa shape index (κ3) is 2.41. The van der Waals surface area contributed by atoms with Crippen molar-refractivity contribution in [2.75, 3.05) is 19.7 Å². The number of hydrogen-bond acceptors (Lipinski definition) is 3. The minimum Gasteiger partial charge on any atom is -0.376 e. The van der Waals surface area contributed by atoms with E-state index in [1.807, 2.05) is 0 Å². The second-order valence-corrected chi connectivity index (χ2v) is 5.40. The molecule has 0 amide bonds. The first kappa shape index (κ1) is 12.3. The predicted molar refractivity (Wildman–Crippen MR) is 66.4 cm³/mol. The molecule has 1 aliphatic carbocycles. The van der Waals surface area contributed by atoms with Gasteiger partial charge in [-0.3, -0.25) is 4.90 Å². The molecule has 2 N–H and O–H groups in total. The van der Waals surface area contributed by atoms with Crippen LogP contribution in [-0.4, -0.2) is 42.8 Å². The van der Waals surface area contributed by atoms with Crippen LogP contribution in [0.15, 0.2) is 0 Å². The summed E-state index contributed by atoms with van der Waals surface area (Å²) in [5.74, 6) is 0.722. The average Bonchev–Trinajstić information content (AvgIpc) is 2.76. The molecule has 0 aromatic heterocycles. The Bertz CT molecular complexity index is 222. The second-order valence-electron chi connectivity index (χ2n) is 5.40. The molecule has 2 rings (SSSR count). The SMILES string of the molecule is CCC1COC(C)CN1C1CCCC1CN. The summed E-state index contributed by atoms with van der Waals surface area (Å²) in [6.07, 6.45) is 5.60. The largest absolute Gasteiger partial charge is 0.376 e. The molecule has 3 heteroatoms. The molecule has 0 aromatic carbocycles. The Morgan fingerprint density at radius 1 is 1.38 bits per heavy atom. The van der Waals surface area contributed by atoms with Crippen LogP contribution in [-0.2, 0) is 4.74 Å². The maximum atomic E-state index is 5.89. The van der Waals surface area contributed by atoms with E-state index in [0.717, 1.165) is 31.7 Å². The van der Waals surface area contributed by atoms with Gasteiger partial charge in [0.2, 0.25) is 0 Å². The predicted octanol–water partition coefficient (Wildman–Crippen LogP) is 1.61. The molecule has 1 heterocycles. The van der Waals surface area contributed by atoms with Gasteiger partial charge in [0, 0.05) is 18.6 Å². The number of rotatable bonds is 3. The van der Waals surface area contributed by atoms with Crippen LogP contribution >= 0.6 is 0 Å². The summed E-state index contributed by atoms with van der Waals surface area (Å²) in [5.41, 5.74) is 5.89. The minimum absolute atomic E-state index is 0.391. The van der Waals surface area contributed by atoms with Gasteiger partial charge in [0.15, 0.2) is 0 Å². The zero-order valence-corrected chi connectivity index (χ0v) is 10.7. The minimum atomic E-state index is 0.391. The first-order valence-corrected chi connectivity index (χ1v) is 6.83. The molecule has 1 saturated carbocycles. The molecule has 0 bridgehead atoms. The van der Waals surface area contributed by atoms with E-state index in [1.165, 1.54) is 25.7 Å². The molecule has 0 radical (unpaired) electrons. The monoisotopic (exact) mass is 226 g/mol. The zero-order chi connectivity index (χ0) is 11.5. The van der Waals surface area contributed by atoms with E-state index < -0.39 is 0 Å². The highest BCUT2D eigenvalue weighted by molar-refractivity contribution is 4.91. The average molecular weight is 226 g/mol. The van der Waals surface area contributed by atoms with Gasteiger partial charge in [-0.05, 0) is 38.6 Å². The van der Waals surface area contributed by atoms with Crippen molar-refractivity contribution in [1.29, 1.82) is 0 Å². The van der Waals surface area contributed by atoms with Crippen LogP contribution < -0.4 is 5.73 Å². The van der Waals surface area contributed by atoms with Crippen LogP contribution in [0, 0.1) is 5.92 Å². The van der Waals surface area contributed by atoms with Crippen molar-refractivity contribution in [2.24, 2.45) is 11.7 Å². The number of morpholine rings is 1. The highest BCUT2D eigenvalue weighted by Gasteiger charge is 2.37. The third-order valence-electron chi connectivity index (χ3n) is 4.33. The van der Waals surface area contributed by atoms with E-state index in [9.17, 15) is 0 Å². The molecular formula is C13H26N2O. The smallest absolute Gasteiger partial charge is 0.0674 e. The summed E-state index contributed by atoms with van der Waals surface area (Å²) in [5, 5.41) is 0. The Balaban J connectivity index is 2.03. The lowest BCUT2D eigenvalue weighted by Gasteiger charge is -2.43. The van der Waals surface area contributed by atoms with Crippen LogP contribution in [0.3, 0.4) is 0 Å². The number of hydrogen-bond donors (Lipinski definition) is 1. The van der Waals surface area contributed by atoms with E-state index in [1.54, 1.807) is 0 Å². The van der Waals surface area contributed by atoms with Gasteiger partial charge in [-0.1, -0.05) is 13.3 Å². The van der Waals surface area contributed by atoms with Crippen molar-refractivity contribution in [3.05, 3.63) is 0 Å². The molecule has 0 spiro atoms. The number of nitrogens with zero attached hydrogens (tertiary/aromatic N) is 1. The quantitative estimate of drug-likeness (QED) is 0.794. The fourth-order valence-electron chi connectivity index (χ4n) is 3.36. The van der Waals surface area contributed by atoms with Crippen LogP contribution in [0.4, 0.5) is 0 Å². The van der Waals surface area contributed by atoms with Gasteiger partial charge in [0.25, 0.3) is 0 Å². The Labute approximate surface area is 99.3 Å². The molecule has 2 aliphatic rings. The van der Waals surface area contributed by atoms with E-state index in [-0.39, 0.29) is 0 Å². The summed E-state index contributed by atoms with van der Waals surface area (Å²) in [6.45, 7) is 7.31. The van der Waals surface area contributed by atoms with Gasteiger partial charge in [0.1, 0.15) is 0 Å². The molecule has 94 valence electrons. The van der Waals surface area contributed by atoms with Gasteiger partial charge in [-0.25, -0.2) is 0 Å². The molecule has 2 fully saturated rings. The molecule has 4 unspecified atom stereocenters. The molecule has 0 aromatic rings. The van der Waals surface area contributed by atoms with Crippen LogP contribution in [0.2, 0.25) is 0 Å². The molecule has 4 atom stereocenters. The van der Waals surface area contributed by atoms with E-state index in [0.29, 0.717) is 12.1 Å². The van der Waals surface area contributed by atoms with Crippen molar-refractivity contribution >= 4 is 0 Å². The highest BCUT2D eigenvalue weighted by Crippen LogP contribution is 2.32.